The molecular weight excluding hydrogens is 316 g/mol. The molecule has 6 nitrogen and oxygen atoms in total. The van der Waals surface area contributed by atoms with Crippen molar-refractivity contribution in [3.8, 4) is 6.07 Å². The number of hydrogen-bond donors (Lipinski definition) is 1. The van der Waals surface area contributed by atoms with Crippen LogP contribution in [0.25, 0.3) is 0 Å². The fourth-order valence-corrected chi connectivity index (χ4v) is 2.98. The molecule has 0 radical (unpaired) electrons. The second-order valence-corrected chi connectivity index (χ2v) is 6.78. The van der Waals surface area contributed by atoms with Gasteiger partial charge in [0.25, 0.3) is 5.91 Å². The summed E-state index contributed by atoms with van der Waals surface area (Å²) in [5.41, 5.74) is 1.64. The second kappa shape index (κ2) is 8.63. The van der Waals surface area contributed by atoms with Crippen LogP contribution in [0.5, 0.6) is 0 Å². The molecule has 6 heteroatoms. The van der Waals surface area contributed by atoms with Gasteiger partial charge < -0.3 is 10.2 Å². The molecule has 0 aliphatic carbocycles. The van der Waals surface area contributed by atoms with Crippen molar-refractivity contribution in [1.82, 2.24) is 15.1 Å². The number of rotatable bonds is 5. The average Bonchev–Trinajstić information content (AvgIpc) is 2.61. The molecule has 1 aromatic rings. The number of hydrogen-bond acceptors (Lipinski definition) is 4. The molecule has 1 N–H and O–H groups in total. The van der Waals surface area contributed by atoms with Crippen molar-refractivity contribution < 1.29 is 9.59 Å². The Balaban J connectivity index is 1.80. The van der Waals surface area contributed by atoms with Gasteiger partial charge in [-0.15, -0.1) is 0 Å². The maximum atomic E-state index is 12.3. The zero-order valence-corrected chi connectivity index (χ0v) is 15.2. The van der Waals surface area contributed by atoms with Gasteiger partial charge in [0, 0.05) is 31.7 Å². The lowest BCUT2D eigenvalue weighted by molar-refractivity contribution is -0.132. The maximum absolute atomic E-state index is 12.3. The first-order valence-electron chi connectivity index (χ1n) is 8.68. The molecule has 1 aromatic carbocycles. The summed E-state index contributed by atoms with van der Waals surface area (Å²) in [6.07, 6.45) is 0. The number of nitrogens with zero attached hydrogens (tertiary/aromatic N) is 3. The normalized spacial score (nSPS) is 16.4. The van der Waals surface area contributed by atoms with E-state index in [9.17, 15) is 14.9 Å². The van der Waals surface area contributed by atoms with E-state index in [1.807, 2.05) is 32.9 Å². The Morgan fingerprint density at radius 1 is 1.16 bits per heavy atom. The minimum Gasteiger partial charge on any atom is -0.343 e. The number of nitriles is 1. The summed E-state index contributed by atoms with van der Waals surface area (Å²) in [5, 5.41) is 12.0. The Labute approximate surface area is 149 Å². The van der Waals surface area contributed by atoms with Crippen molar-refractivity contribution in [3.63, 3.8) is 0 Å². The Kier molecular flexibility index (Phi) is 6.54. The van der Waals surface area contributed by atoms with Gasteiger partial charge in [0.15, 0.2) is 0 Å². The summed E-state index contributed by atoms with van der Waals surface area (Å²) >= 11 is 0. The summed E-state index contributed by atoms with van der Waals surface area (Å²) < 4.78 is 0. The quantitative estimate of drug-likeness (QED) is 0.878. The Bertz CT molecular complexity index is 640. The predicted octanol–water partition coefficient (Wildman–Crippen LogP) is 1.42. The number of aryl methyl sites for hydroxylation is 1. The van der Waals surface area contributed by atoms with E-state index < -0.39 is 0 Å². The number of piperazine rings is 1. The maximum Gasteiger partial charge on any atom is 0.251 e. The molecule has 1 atom stereocenters. The van der Waals surface area contributed by atoms with Crippen molar-refractivity contribution in [2.45, 2.75) is 26.8 Å². The SMILES string of the molecule is Cc1ccc(C(=O)NCC(=O)N2CCN([C@@H](C#N)C(C)C)CC2)cc1. The summed E-state index contributed by atoms with van der Waals surface area (Å²) in [7, 11) is 0. The second-order valence-electron chi connectivity index (χ2n) is 6.78. The zero-order valence-electron chi connectivity index (χ0n) is 15.2. The van der Waals surface area contributed by atoms with Gasteiger partial charge in [-0.25, -0.2) is 0 Å². The summed E-state index contributed by atoms with van der Waals surface area (Å²) in [6, 6.07) is 9.48. The average molecular weight is 342 g/mol. The van der Waals surface area contributed by atoms with Crippen LogP contribution in [0, 0.1) is 24.2 Å². The fourth-order valence-electron chi connectivity index (χ4n) is 2.98. The van der Waals surface area contributed by atoms with Crippen LogP contribution >= 0.6 is 0 Å². The van der Waals surface area contributed by atoms with Crippen molar-refractivity contribution in [3.05, 3.63) is 35.4 Å². The molecule has 0 aromatic heterocycles. The number of carbonyl (C=O) groups excluding carboxylic acids is 2. The molecule has 1 aliphatic heterocycles. The Morgan fingerprint density at radius 3 is 2.28 bits per heavy atom. The van der Waals surface area contributed by atoms with Gasteiger partial charge in [-0.3, -0.25) is 14.5 Å². The van der Waals surface area contributed by atoms with Crippen LogP contribution in [0.4, 0.5) is 0 Å². The van der Waals surface area contributed by atoms with E-state index in [-0.39, 0.29) is 30.3 Å². The third-order valence-electron chi connectivity index (χ3n) is 4.54. The van der Waals surface area contributed by atoms with Crippen molar-refractivity contribution in [2.75, 3.05) is 32.7 Å². The van der Waals surface area contributed by atoms with Gasteiger partial charge in [0.2, 0.25) is 5.91 Å². The summed E-state index contributed by atoms with van der Waals surface area (Å²) in [6.45, 7) is 8.58. The van der Waals surface area contributed by atoms with Crippen LogP contribution in [-0.4, -0.2) is 60.4 Å². The molecule has 1 aliphatic rings. The van der Waals surface area contributed by atoms with Crippen LogP contribution < -0.4 is 5.32 Å². The van der Waals surface area contributed by atoms with Crippen molar-refractivity contribution in [2.24, 2.45) is 5.92 Å². The van der Waals surface area contributed by atoms with Crippen LogP contribution in [-0.2, 0) is 4.79 Å². The molecule has 134 valence electrons. The monoisotopic (exact) mass is 342 g/mol. The van der Waals surface area contributed by atoms with Gasteiger partial charge in [-0.1, -0.05) is 31.5 Å². The highest BCUT2D eigenvalue weighted by Gasteiger charge is 2.27. The number of benzene rings is 1. The van der Waals surface area contributed by atoms with E-state index >= 15 is 0 Å². The topological polar surface area (TPSA) is 76.4 Å². The van der Waals surface area contributed by atoms with E-state index in [2.05, 4.69) is 16.3 Å². The molecule has 25 heavy (non-hydrogen) atoms. The Morgan fingerprint density at radius 2 is 1.76 bits per heavy atom. The molecule has 1 heterocycles. The number of nitrogens with one attached hydrogen (secondary N) is 1. The van der Waals surface area contributed by atoms with E-state index in [1.165, 1.54) is 0 Å². The molecule has 0 saturated carbocycles. The van der Waals surface area contributed by atoms with Crippen LogP contribution in [0.3, 0.4) is 0 Å². The van der Waals surface area contributed by atoms with Gasteiger partial charge in [-0.2, -0.15) is 5.26 Å². The van der Waals surface area contributed by atoms with E-state index in [0.717, 1.165) is 5.56 Å². The molecular formula is C19H26N4O2. The zero-order chi connectivity index (χ0) is 18.4. The molecule has 0 bridgehead atoms. The lowest BCUT2D eigenvalue weighted by Crippen LogP contribution is -2.54. The number of amides is 2. The molecule has 2 amide bonds. The van der Waals surface area contributed by atoms with E-state index in [0.29, 0.717) is 31.7 Å². The summed E-state index contributed by atoms with van der Waals surface area (Å²) in [4.78, 5) is 28.2. The van der Waals surface area contributed by atoms with Gasteiger partial charge in [-0.05, 0) is 25.0 Å². The smallest absolute Gasteiger partial charge is 0.251 e. The molecule has 1 saturated heterocycles. The Hall–Kier alpha value is -2.39. The lowest BCUT2D eigenvalue weighted by Gasteiger charge is -2.38. The third kappa shape index (κ3) is 5.04. The third-order valence-corrected chi connectivity index (χ3v) is 4.54. The highest BCUT2D eigenvalue weighted by atomic mass is 16.2. The first-order chi connectivity index (χ1) is 11.9. The first kappa shape index (κ1) is 18.9. The minimum atomic E-state index is -0.240. The fraction of sp³-hybridized carbons (Fsp3) is 0.526. The lowest BCUT2D eigenvalue weighted by atomic mass is 10.0. The van der Waals surface area contributed by atoms with Crippen LogP contribution in [0.2, 0.25) is 0 Å². The van der Waals surface area contributed by atoms with E-state index in [4.69, 9.17) is 0 Å². The molecule has 0 spiro atoms. The first-order valence-corrected chi connectivity index (χ1v) is 8.68. The highest BCUT2D eigenvalue weighted by Crippen LogP contribution is 2.13. The highest BCUT2D eigenvalue weighted by molar-refractivity contribution is 5.96. The van der Waals surface area contributed by atoms with Crippen LogP contribution in [0.15, 0.2) is 24.3 Å². The van der Waals surface area contributed by atoms with Crippen molar-refractivity contribution >= 4 is 11.8 Å². The van der Waals surface area contributed by atoms with Gasteiger partial charge in [0.1, 0.15) is 6.04 Å². The number of carbonyl (C=O) groups is 2. The predicted molar refractivity (Wildman–Crippen MR) is 95.9 cm³/mol. The molecule has 2 rings (SSSR count). The van der Waals surface area contributed by atoms with Gasteiger partial charge in [0.05, 0.1) is 12.6 Å². The van der Waals surface area contributed by atoms with Crippen molar-refractivity contribution in [1.29, 1.82) is 5.26 Å². The minimum absolute atomic E-state index is 0.00142. The van der Waals surface area contributed by atoms with Gasteiger partial charge >= 0.3 is 0 Å². The molecule has 1 fully saturated rings. The van der Waals surface area contributed by atoms with Crippen LogP contribution in [0.1, 0.15) is 29.8 Å². The molecule has 0 unspecified atom stereocenters. The largest absolute Gasteiger partial charge is 0.343 e. The standard InChI is InChI=1S/C19H26N4O2/c1-14(2)17(12-20)22-8-10-23(11-9-22)18(24)13-21-19(25)16-6-4-15(3)5-7-16/h4-7,14,17H,8-11,13H2,1-3H3,(H,21,25)/t17-/m0/s1. The van der Waals surface area contributed by atoms with E-state index in [1.54, 1.807) is 17.0 Å². The summed E-state index contributed by atoms with van der Waals surface area (Å²) in [5.74, 6) is -0.0597.